The van der Waals surface area contributed by atoms with Gasteiger partial charge in [0.1, 0.15) is 11.6 Å². The second kappa shape index (κ2) is 43.6. The summed E-state index contributed by atoms with van der Waals surface area (Å²) in [6.07, 6.45) is 45.9. The van der Waals surface area contributed by atoms with Crippen molar-refractivity contribution in [2.75, 3.05) is 0 Å². The van der Waals surface area contributed by atoms with Gasteiger partial charge in [-0.2, -0.15) is 0 Å². The third-order valence-corrected chi connectivity index (χ3v) is 11.5. The van der Waals surface area contributed by atoms with E-state index in [1.54, 1.807) is 0 Å². The van der Waals surface area contributed by atoms with Gasteiger partial charge in [0.25, 0.3) is 0 Å². The number of halogens is 3. The highest BCUT2D eigenvalue weighted by Crippen LogP contribution is 2.20. The van der Waals surface area contributed by atoms with Crippen molar-refractivity contribution in [2.45, 2.75) is 238 Å². The summed E-state index contributed by atoms with van der Waals surface area (Å²) < 4.78 is 25.2. The number of benzene rings is 2. The number of aromatic carboxylic acids is 1. The van der Waals surface area contributed by atoms with Gasteiger partial charge in [-0.05, 0) is 43.4 Å². The average Bonchev–Trinajstić information content (AvgIpc) is 3.23. The number of carbonyl (C=O) groups is 3. The van der Waals surface area contributed by atoms with Crippen LogP contribution in [0.5, 0.6) is 0 Å². The van der Waals surface area contributed by atoms with Gasteiger partial charge in [0.2, 0.25) is 0 Å². The summed E-state index contributed by atoms with van der Waals surface area (Å²) in [5.41, 5.74) is 0.748. The van der Waals surface area contributed by atoms with Crippen LogP contribution >= 0.6 is 11.6 Å². The monoisotopic (exact) mass is 879 g/mol. The largest absolute Gasteiger partial charge is 0.481 e. The lowest BCUT2D eigenvalue weighted by molar-refractivity contribution is -0.138. The summed E-state index contributed by atoms with van der Waals surface area (Å²) in [5, 5.41) is 25.0. The van der Waals surface area contributed by atoms with Gasteiger partial charge in [-0.1, -0.05) is 241 Å². The highest BCUT2D eigenvalue weighted by molar-refractivity contribution is 6.30. The van der Waals surface area contributed by atoms with Gasteiger partial charge >= 0.3 is 17.9 Å². The Labute approximate surface area is 375 Å². The van der Waals surface area contributed by atoms with E-state index in [9.17, 15) is 23.2 Å². The molecule has 2 rings (SSSR count). The second-order valence-electron chi connectivity index (χ2n) is 16.9. The Morgan fingerprint density at radius 3 is 1.07 bits per heavy atom. The van der Waals surface area contributed by atoms with E-state index < -0.39 is 40.1 Å². The van der Waals surface area contributed by atoms with Crippen LogP contribution in [0.4, 0.5) is 8.78 Å². The van der Waals surface area contributed by atoms with Crippen molar-refractivity contribution in [3.8, 4) is 0 Å². The van der Waals surface area contributed by atoms with E-state index in [1.165, 1.54) is 198 Å². The Balaban J connectivity index is 0.000000936. The normalized spacial score (nSPS) is 10.8. The fraction of sp³-hybridized carbons (Fsp3) is 0.712. The second-order valence-corrected chi connectivity index (χ2v) is 17.3. The molecule has 0 fully saturated rings. The summed E-state index contributed by atoms with van der Waals surface area (Å²) in [5.74, 6) is -4.83. The molecule has 0 aliphatic heterocycles. The summed E-state index contributed by atoms with van der Waals surface area (Å²) in [4.78, 5) is 31.0. The van der Waals surface area contributed by atoms with Crippen molar-refractivity contribution in [1.29, 1.82) is 0 Å². The molecule has 6 nitrogen and oxygen atoms in total. The molecule has 0 amide bonds. The van der Waals surface area contributed by atoms with E-state index in [1.807, 2.05) is 0 Å². The van der Waals surface area contributed by atoms with Gasteiger partial charge in [0.05, 0.1) is 10.6 Å². The quantitative estimate of drug-likeness (QED) is 0.0457. The third kappa shape index (κ3) is 40.8. The molecule has 0 atom stereocenters. The van der Waals surface area contributed by atoms with Gasteiger partial charge in [0, 0.05) is 12.8 Å². The van der Waals surface area contributed by atoms with Gasteiger partial charge in [-0.3, -0.25) is 9.59 Å². The number of unbranched alkanes of at least 4 members (excludes halogenated alkanes) is 31. The van der Waals surface area contributed by atoms with Crippen LogP contribution in [0.25, 0.3) is 0 Å². The zero-order valence-electron chi connectivity index (χ0n) is 38.2. The fourth-order valence-corrected chi connectivity index (χ4v) is 7.56. The molecule has 0 aliphatic rings. The fourth-order valence-electron chi connectivity index (χ4n) is 7.41. The molecule has 61 heavy (non-hydrogen) atoms. The molecule has 2 aromatic carbocycles. The number of hydrogen-bond donors (Lipinski definition) is 3. The lowest BCUT2D eigenvalue weighted by atomic mass is 10.0. The Hall–Kier alpha value is -3.00. The third-order valence-electron chi connectivity index (χ3n) is 11.2. The van der Waals surface area contributed by atoms with E-state index in [4.69, 9.17) is 26.9 Å². The molecule has 0 unspecified atom stereocenters. The zero-order valence-corrected chi connectivity index (χ0v) is 39.0. The first-order valence-electron chi connectivity index (χ1n) is 24.4. The molecular weight excluding hydrogens is 794 g/mol. The van der Waals surface area contributed by atoms with Crippen LogP contribution in [-0.4, -0.2) is 33.2 Å². The van der Waals surface area contributed by atoms with Gasteiger partial charge in [-0.25, -0.2) is 13.6 Å². The van der Waals surface area contributed by atoms with E-state index in [0.717, 1.165) is 25.7 Å². The molecule has 9 heteroatoms. The van der Waals surface area contributed by atoms with Crippen molar-refractivity contribution in [3.05, 3.63) is 70.2 Å². The molecule has 2 aromatic rings. The molecule has 0 saturated heterocycles. The van der Waals surface area contributed by atoms with E-state index in [-0.39, 0.29) is 0 Å². The Morgan fingerprint density at radius 2 is 0.754 bits per heavy atom. The number of hydrogen-bond acceptors (Lipinski definition) is 3. The molecule has 0 saturated carbocycles. The minimum absolute atomic E-state index is 0.339. The maximum atomic E-state index is 12.6. The first-order chi connectivity index (χ1) is 29.6. The molecular formula is C52H85ClF2O6. The molecule has 0 bridgehead atoms. The molecule has 3 N–H and O–H groups in total. The Kier molecular flexibility index (Phi) is 41.5. The SMILES string of the molecule is CCCCCCCCCCCCCCCCCCCCCCC(=O)O.O=C(O)CCCCCCCCCCCCCCCc1ccccc1.O=C(O)c1cc(F)c(Cl)cc1F. The Bertz CT molecular complexity index is 1320. The number of carboxylic acid groups (broad SMARTS) is 3. The minimum Gasteiger partial charge on any atom is -0.481 e. The molecule has 350 valence electrons. The lowest BCUT2D eigenvalue weighted by Crippen LogP contribution is -2.01. The molecule has 0 aromatic heterocycles. The standard InChI is InChI=1S/C23H46O2.C22H36O2.C7H3ClF2O2/c1-2-3-4-5-6-7-8-9-10-11-12-13-14-15-16-17-18-19-20-21-22-23(24)25;23-22(24)20-16-11-9-7-5-3-1-2-4-6-8-10-13-17-21-18-14-12-15-19-21;8-4-2-5(9)3(7(11)12)1-6(4)10/h2-22H2,1H3,(H,24,25);12,14-15,18-19H,1-11,13,16-17,20H2,(H,23,24);1-2H,(H,11,12). The summed E-state index contributed by atoms with van der Waals surface area (Å²) in [6, 6.07) is 12.0. The van der Waals surface area contributed by atoms with E-state index in [0.29, 0.717) is 25.0 Å². The summed E-state index contributed by atoms with van der Waals surface area (Å²) in [6.45, 7) is 2.29. The van der Waals surface area contributed by atoms with E-state index >= 15 is 0 Å². The van der Waals surface area contributed by atoms with Crippen molar-refractivity contribution < 1.29 is 38.5 Å². The van der Waals surface area contributed by atoms with Crippen molar-refractivity contribution in [3.63, 3.8) is 0 Å². The molecule has 0 aliphatic carbocycles. The summed E-state index contributed by atoms with van der Waals surface area (Å²) >= 11 is 5.18. The van der Waals surface area contributed by atoms with Crippen molar-refractivity contribution >= 4 is 29.5 Å². The number of carboxylic acids is 3. The first-order valence-corrected chi connectivity index (χ1v) is 24.8. The smallest absolute Gasteiger partial charge is 0.338 e. The maximum Gasteiger partial charge on any atom is 0.338 e. The average molecular weight is 880 g/mol. The molecule has 0 spiro atoms. The van der Waals surface area contributed by atoms with Crippen LogP contribution in [0, 0.1) is 11.6 Å². The van der Waals surface area contributed by atoms with Crippen LogP contribution in [0.3, 0.4) is 0 Å². The molecule has 0 heterocycles. The highest BCUT2D eigenvalue weighted by Gasteiger charge is 2.13. The predicted octanol–water partition coefficient (Wildman–Crippen LogP) is 17.4. The summed E-state index contributed by atoms with van der Waals surface area (Å²) in [7, 11) is 0. The number of rotatable bonds is 38. The van der Waals surface area contributed by atoms with Gasteiger partial charge in [-0.15, -0.1) is 0 Å². The van der Waals surface area contributed by atoms with Crippen molar-refractivity contribution in [1.82, 2.24) is 0 Å². The zero-order chi connectivity index (χ0) is 45.0. The van der Waals surface area contributed by atoms with Crippen LogP contribution < -0.4 is 0 Å². The minimum atomic E-state index is -1.52. The van der Waals surface area contributed by atoms with Crippen LogP contribution in [-0.2, 0) is 16.0 Å². The topological polar surface area (TPSA) is 112 Å². The number of aliphatic carboxylic acids is 2. The van der Waals surface area contributed by atoms with Crippen LogP contribution in [0.15, 0.2) is 42.5 Å². The van der Waals surface area contributed by atoms with Gasteiger partial charge in [0.15, 0.2) is 0 Å². The van der Waals surface area contributed by atoms with Gasteiger partial charge < -0.3 is 15.3 Å². The van der Waals surface area contributed by atoms with Crippen LogP contribution in [0.2, 0.25) is 5.02 Å². The number of aryl methyl sites for hydroxylation is 1. The predicted molar refractivity (Wildman–Crippen MR) is 251 cm³/mol. The van der Waals surface area contributed by atoms with Crippen LogP contribution in [0.1, 0.15) is 248 Å². The van der Waals surface area contributed by atoms with Crippen molar-refractivity contribution in [2.24, 2.45) is 0 Å². The Morgan fingerprint density at radius 1 is 0.443 bits per heavy atom. The first kappa shape index (κ1) is 58.0. The van der Waals surface area contributed by atoms with E-state index in [2.05, 4.69) is 37.3 Å². The highest BCUT2D eigenvalue weighted by atomic mass is 35.5. The molecule has 0 radical (unpaired) electrons. The maximum absolute atomic E-state index is 12.6. The lowest BCUT2D eigenvalue weighted by Gasteiger charge is -2.04.